The van der Waals surface area contributed by atoms with Crippen LogP contribution in [0.2, 0.25) is 0 Å². The second-order valence-electron chi connectivity index (χ2n) is 4.67. The summed E-state index contributed by atoms with van der Waals surface area (Å²) in [6.45, 7) is 8.14. The number of hydrogen-bond donors (Lipinski definition) is 1. The van der Waals surface area contributed by atoms with Crippen molar-refractivity contribution in [3.8, 4) is 0 Å². The molecule has 1 N–H and O–H groups in total. The van der Waals surface area contributed by atoms with Gasteiger partial charge in [-0.2, -0.15) is 11.8 Å². The van der Waals surface area contributed by atoms with Gasteiger partial charge in [0.15, 0.2) is 0 Å². The molecule has 0 aromatic rings. The molecule has 1 fully saturated rings. The van der Waals surface area contributed by atoms with E-state index in [1.165, 1.54) is 37.3 Å². The smallest absolute Gasteiger partial charge is 0.00673 e. The van der Waals surface area contributed by atoms with Gasteiger partial charge in [-0.05, 0) is 37.4 Å². The quantitative estimate of drug-likeness (QED) is 0.624. The zero-order chi connectivity index (χ0) is 10.4. The molecular weight excluding hydrogens is 190 g/mol. The molecule has 0 aromatic heterocycles. The molecule has 1 nitrogen and oxygen atoms in total. The summed E-state index contributed by atoms with van der Waals surface area (Å²) in [4.78, 5) is 0. The van der Waals surface area contributed by atoms with Crippen molar-refractivity contribution in [3.63, 3.8) is 0 Å². The van der Waals surface area contributed by atoms with E-state index in [0.717, 1.165) is 17.9 Å². The molecule has 0 heterocycles. The van der Waals surface area contributed by atoms with Crippen LogP contribution >= 0.6 is 11.8 Å². The largest absolute Gasteiger partial charge is 0.313 e. The van der Waals surface area contributed by atoms with Crippen molar-refractivity contribution in [1.82, 2.24) is 5.32 Å². The summed E-state index contributed by atoms with van der Waals surface area (Å²) in [6.07, 6.45) is 4.22. The predicted octanol–water partition coefficient (Wildman–Crippen LogP) is 3.15. The second kappa shape index (κ2) is 6.73. The molecule has 0 amide bonds. The maximum atomic E-state index is 3.62. The van der Waals surface area contributed by atoms with Crippen LogP contribution in [0.3, 0.4) is 0 Å². The summed E-state index contributed by atoms with van der Waals surface area (Å²) < 4.78 is 0. The van der Waals surface area contributed by atoms with Gasteiger partial charge in [-0.15, -0.1) is 0 Å². The lowest BCUT2D eigenvalue weighted by Gasteiger charge is -2.13. The van der Waals surface area contributed by atoms with Gasteiger partial charge >= 0.3 is 0 Å². The maximum absolute atomic E-state index is 3.62. The first-order chi connectivity index (χ1) is 6.74. The minimum absolute atomic E-state index is 0.763. The molecule has 1 saturated carbocycles. The van der Waals surface area contributed by atoms with Crippen LogP contribution in [0.15, 0.2) is 0 Å². The Kier molecular flexibility index (Phi) is 5.95. The first-order valence-electron chi connectivity index (χ1n) is 6.05. The maximum Gasteiger partial charge on any atom is 0.00673 e. The van der Waals surface area contributed by atoms with E-state index in [9.17, 15) is 0 Å². The van der Waals surface area contributed by atoms with Gasteiger partial charge in [-0.3, -0.25) is 0 Å². The summed E-state index contributed by atoms with van der Waals surface area (Å²) in [5.41, 5.74) is 0. The highest BCUT2D eigenvalue weighted by Crippen LogP contribution is 2.32. The SMILES string of the molecule is CCC(C)CSCCNC(C)C1CC1. The molecule has 1 aliphatic rings. The van der Waals surface area contributed by atoms with Crippen LogP contribution in [0.5, 0.6) is 0 Å². The third kappa shape index (κ3) is 5.26. The van der Waals surface area contributed by atoms with Gasteiger partial charge in [0.25, 0.3) is 0 Å². The Hall–Kier alpha value is 0.310. The van der Waals surface area contributed by atoms with Gasteiger partial charge in [0.2, 0.25) is 0 Å². The predicted molar refractivity (Wildman–Crippen MR) is 67.0 cm³/mol. The van der Waals surface area contributed by atoms with Crippen molar-refractivity contribution in [1.29, 1.82) is 0 Å². The van der Waals surface area contributed by atoms with Gasteiger partial charge in [-0.1, -0.05) is 20.3 Å². The Labute approximate surface area is 93.4 Å². The van der Waals surface area contributed by atoms with Crippen molar-refractivity contribution >= 4 is 11.8 Å². The topological polar surface area (TPSA) is 12.0 Å². The molecule has 14 heavy (non-hydrogen) atoms. The Bertz CT molecular complexity index is 145. The molecule has 0 bridgehead atoms. The molecule has 2 unspecified atom stereocenters. The molecule has 1 rings (SSSR count). The monoisotopic (exact) mass is 215 g/mol. The van der Waals surface area contributed by atoms with Crippen LogP contribution in [0.1, 0.15) is 40.0 Å². The average Bonchev–Trinajstić information content (AvgIpc) is 2.99. The van der Waals surface area contributed by atoms with Gasteiger partial charge in [-0.25, -0.2) is 0 Å². The summed E-state index contributed by atoms with van der Waals surface area (Å²) in [5.74, 6) is 4.49. The van der Waals surface area contributed by atoms with Gasteiger partial charge in [0.1, 0.15) is 0 Å². The highest BCUT2D eigenvalue weighted by atomic mass is 32.2. The van der Waals surface area contributed by atoms with E-state index >= 15 is 0 Å². The summed E-state index contributed by atoms with van der Waals surface area (Å²) in [5, 5.41) is 3.62. The zero-order valence-corrected chi connectivity index (χ0v) is 10.7. The number of thioether (sulfide) groups is 1. The molecule has 84 valence electrons. The summed E-state index contributed by atoms with van der Waals surface area (Å²) in [6, 6.07) is 0.763. The van der Waals surface area contributed by atoms with E-state index in [0.29, 0.717) is 0 Å². The fourth-order valence-corrected chi connectivity index (χ4v) is 2.59. The van der Waals surface area contributed by atoms with Crippen molar-refractivity contribution < 1.29 is 0 Å². The van der Waals surface area contributed by atoms with Crippen LogP contribution in [-0.4, -0.2) is 24.1 Å². The first kappa shape index (κ1) is 12.4. The number of rotatable bonds is 8. The molecule has 0 radical (unpaired) electrons. The lowest BCUT2D eigenvalue weighted by atomic mass is 10.2. The van der Waals surface area contributed by atoms with Crippen LogP contribution in [-0.2, 0) is 0 Å². The van der Waals surface area contributed by atoms with Crippen molar-refractivity contribution in [3.05, 3.63) is 0 Å². The lowest BCUT2D eigenvalue weighted by molar-refractivity contribution is 0.514. The molecule has 0 spiro atoms. The van der Waals surface area contributed by atoms with E-state index < -0.39 is 0 Å². The molecule has 1 aliphatic carbocycles. The molecule has 0 aromatic carbocycles. The zero-order valence-electron chi connectivity index (χ0n) is 9.88. The van der Waals surface area contributed by atoms with E-state index in [1.807, 2.05) is 0 Å². The highest BCUT2D eigenvalue weighted by molar-refractivity contribution is 7.99. The molecule has 0 aliphatic heterocycles. The standard InChI is InChI=1S/C12H25NS/c1-4-10(2)9-14-8-7-13-11(3)12-5-6-12/h10-13H,4-9H2,1-3H3. The van der Waals surface area contributed by atoms with Crippen molar-refractivity contribution in [2.45, 2.75) is 46.1 Å². The Morgan fingerprint density at radius 3 is 2.64 bits per heavy atom. The molecule has 0 saturated heterocycles. The van der Waals surface area contributed by atoms with Crippen LogP contribution in [0.4, 0.5) is 0 Å². The Morgan fingerprint density at radius 1 is 1.36 bits per heavy atom. The van der Waals surface area contributed by atoms with Crippen LogP contribution in [0, 0.1) is 11.8 Å². The van der Waals surface area contributed by atoms with Gasteiger partial charge < -0.3 is 5.32 Å². The van der Waals surface area contributed by atoms with Crippen molar-refractivity contribution in [2.24, 2.45) is 11.8 Å². The Morgan fingerprint density at radius 2 is 2.07 bits per heavy atom. The highest BCUT2D eigenvalue weighted by Gasteiger charge is 2.26. The lowest BCUT2D eigenvalue weighted by Crippen LogP contribution is -2.29. The summed E-state index contributed by atoms with van der Waals surface area (Å²) in [7, 11) is 0. The number of nitrogens with one attached hydrogen (secondary N) is 1. The van der Waals surface area contributed by atoms with Crippen molar-refractivity contribution in [2.75, 3.05) is 18.1 Å². The fourth-order valence-electron chi connectivity index (χ4n) is 1.52. The number of hydrogen-bond acceptors (Lipinski definition) is 2. The third-order valence-corrected chi connectivity index (χ3v) is 4.44. The van der Waals surface area contributed by atoms with E-state index in [2.05, 4.69) is 37.8 Å². The normalized spacial score (nSPS) is 20.8. The summed E-state index contributed by atoms with van der Waals surface area (Å²) >= 11 is 2.10. The second-order valence-corrected chi connectivity index (χ2v) is 5.82. The minimum atomic E-state index is 0.763. The first-order valence-corrected chi connectivity index (χ1v) is 7.20. The van der Waals surface area contributed by atoms with Crippen LogP contribution < -0.4 is 5.32 Å². The molecule has 2 atom stereocenters. The third-order valence-electron chi connectivity index (χ3n) is 3.14. The average molecular weight is 215 g/mol. The Balaban J connectivity index is 1.83. The molecular formula is C12H25NS. The fraction of sp³-hybridized carbons (Fsp3) is 1.00. The molecule has 2 heteroatoms. The van der Waals surface area contributed by atoms with Gasteiger partial charge in [0.05, 0.1) is 0 Å². The van der Waals surface area contributed by atoms with E-state index in [4.69, 9.17) is 0 Å². The van der Waals surface area contributed by atoms with Gasteiger partial charge in [0, 0.05) is 18.3 Å². The van der Waals surface area contributed by atoms with E-state index in [1.54, 1.807) is 0 Å². The minimum Gasteiger partial charge on any atom is -0.313 e. The van der Waals surface area contributed by atoms with E-state index in [-0.39, 0.29) is 0 Å². The van der Waals surface area contributed by atoms with Crippen LogP contribution in [0.25, 0.3) is 0 Å².